The number of ether oxygens (including phenoxy) is 2. The number of amides is 2. The summed E-state index contributed by atoms with van der Waals surface area (Å²) in [5.41, 5.74) is -1.32. The van der Waals surface area contributed by atoms with Gasteiger partial charge < -0.3 is 14.8 Å². The summed E-state index contributed by atoms with van der Waals surface area (Å²) in [5.74, 6) is -2.32. The normalized spacial score (nSPS) is 14.0. The van der Waals surface area contributed by atoms with Gasteiger partial charge in [0.25, 0.3) is 11.8 Å². The van der Waals surface area contributed by atoms with Crippen LogP contribution < -0.4 is 5.32 Å². The van der Waals surface area contributed by atoms with Gasteiger partial charge in [0.05, 0.1) is 0 Å². The van der Waals surface area contributed by atoms with Crippen molar-refractivity contribution in [3.05, 3.63) is 70.3 Å². The SMILES string of the molecule is Cc1ccccc1C(=O)N(SS)C(CC(C)C)(C(=O)OC(C)(C)C)c1cccc(C)c1C(=O)NC(CC(C)C)C(=O)OC(C)(C)C. The van der Waals surface area contributed by atoms with Gasteiger partial charge in [-0.05, 0) is 97.3 Å². The third-order valence-corrected chi connectivity index (χ3v) is 8.21. The quantitative estimate of drug-likeness (QED) is 0.102. The van der Waals surface area contributed by atoms with Crippen molar-refractivity contribution in [3.63, 3.8) is 0 Å². The van der Waals surface area contributed by atoms with Crippen molar-refractivity contribution in [1.82, 2.24) is 9.62 Å². The van der Waals surface area contributed by atoms with Gasteiger partial charge in [0.15, 0.2) is 5.54 Å². The fourth-order valence-electron chi connectivity index (χ4n) is 5.34. The number of esters is 2. The Labute approximate surface area is 284 Å². The molecule has 0 saturated carbocycles. The molecule has 0 saturated heterocycles. The van der Waals surface area contributed by atoms with Crippen LogP contribution in [0.4, 0.5) is 0 Å². The molecule has 46 heavy (non-hydrogen) atoms. The van der Waals surface area contributed by atoms with E-state index in [0.717, 1.165) is 16.5 Å². The molecule has 0 fully saturated rings. The maximum Gasteiger partial charge on any atom is 0.338 e. The molecule has 254 valence electrons. The summed E-state index contributed by atoms with van der Waals surface area (Å²) in [6, 6.07) is 11.4. The van der Waals surface area contributed by atoms with Crippen LogP contribution in [0.2, 0.25) is 0 Å². The topological polar surface area (TPSA) is 102 Å². The number of benzene rings is 2. The van der Waals surface area contributed by atoms with Crippen molar-refractivity contribution in [2.45, 2.75) is 119 Å². The molecule has 2 atom stereocenters. The molecule has 10 heteroatoms. The number of nitrogens with one attached hydrogen (secondary N) is 1. The standard InChI is InChI=1S/C36H52N2O6S2/c1-22(2)20-28(32(41)43-34(7,8)9)37-30(39)29-25(6)17-15-19-27(29)36(21-23(3)4,33(42)44-35(10,11)12)38(46-45)31(40)26-18-14-13-16-24(26)5/h13-19,22-23,28,45H,20-21H2,1-12H3,(H,37,39). The number of hydrogen-bond acceptors (Lipinski definition) is 8. The zero-order valence-electron chi connectivity index (χ0n) is 29.4. The Morgan fingerprint density at radius 1 is 0.826 bits per heavy atom. The fourth-order valence-corrected chi connectivity index (χ4v) is 6.54. The first-order valence-electron chi connectivity index (χ1n) is 15.7. The minimum Gasteiger partial charge on any atom is -0.458 e. The molecule has 0 aliphatic rings. The molecule has 2 amide bonds. The van der Waals surface area contributed by atoms with Crippen LogP contribution in [-0.4, -0.2) is 45.3 Å². The van der Waals surface area contributed by atoms with E-state index in [9.17, 15) is 19.2 Å². The highest BCUT2D eigenvalue weighted by Crippen LogP contribution is 2.45. The van der Waals surface area contributed by atoms with Gasteiger partial charge in [-0.3, -0.25) is 13.9 Å². The number of aryl methyl sites for hydroxylation is 2. The van der Waals surface area contributed by atoms with Crippen LogP contribution in [0.15, 0.2) is 42.5 Å². The number of carbonyl (C=O) groups is 4. The van der Waals surface area contributed by atoms with Crippen LogP contribution in [0, 0.1) is 25.7 Å². The molecule has 0 aromatic heterocycles. The van der Waals surface area contributed by atoms with E-state index in [1.165, 1.54) is 4.31 Å². The van der Waals surface area contributed by atoms with Crippen molar-refractivity contribution >= 4 is 46.4 Å². The molecule has 0 aliphatic carbocycles. The molecule has 0 radical (unpaired) electrons. The van der Waals surface area contributed by atoms with Crippen molar-refractivity contribution in [1.29, 1.82) is 0 Å². The third kappa shape index (κ3) is 10.0. The van der Waals surface area contributed by atoms with Gasteiger partial charge in [0.1, 0.15) is 17.2 Å². The number of carbonyl (C=O) groups excluding carboxylic acids is 4. The molecule has 1 N–H and O–H groups in total. The van der Waals surface area contributed by atoms with Crippen LogP contribution in [0.3, 0.4) is 0 Å². The lowest BCUT2D eigenvalue weighted by atomic mass is 9.78. The number of hydrogen-bond donors (Lipinski definition) is 2. The van der Waals surface area contributed by atoms with Crippen molar-refractivity contribution < 1.29 is 28.7 Å². The van der Waals surface area contributed by atoms with Gasteiger partial charge in [-0.15, -0.1) is 0 Å². The van der Waals surface area contributed by atoms with Gasteiger partial charge in [-0.2, -0.15) is 0 Å². The Hall–Kier alpha value is -2.98. The Morgan fingerprint density at radius 2 is 1.39 bits per heavy atom. The third-order valence-electron chi connectivity index (χ3n) is 7.08. The monoisotopic (exact) mass is 672 g/mol. The first kappa shape index (κ1) is 39.2. The van der Waals surface area contributed by atoms with Gasteiger partial charge in [0.2, 0.25) is 0 Å². The van der Waals surface area contributed by atoms with Crippen LogP contribution in [0.25, 0.3) is 0 Å². The average molecular weight is 673 g/mol. The lowest BCUT2D eigenvalue weighted by Gasteiger charge is -2.43. The molecule has 2 aromatic rings. The average Bonchev–Trinajstić information content (AvgIpc) is 2.89. The molecule has 0 bridgehead atoms. The molecule has 8 nitrogen and oxygen atoms in total. The highest BCUT2D eigenvalue weighted by atomic mass is 33.1. The molecular formula is C36H52N2O6S2. The zero-order chi connectivity index (χ0) is 35.2. The predicted molar refractivity (Wildman–Crippen MR) is 189 cm³/mol. The summed E-state index contributed by atoms with van der Waals surface area (Å²) in [6.45, 7) is 22.0. The number of thiol groups is 1. The summed E-state index contributed by atoms with van der Waals surface area (Å²) in [4.78, 5) is 56.8. The van der Waals surface area contributed by atoms with E-state index in [4.69, 9.17) is 9.47 Å². The van der Waals surface area contributed by atoms with Gasteiger partial charge in [0, 0.05) is 27.7 Å². The van der Waals surface area contributed by atoms with Gasteiger partial charge >= 0.3 is 11.9 Å². The van der Waals surface area contributed by atoms with Crippen LogP contribution >= 0.6 is 22.6 Å². The summed E-state index contributed by atoms with van der Waals surface area (Å²) >= 11 is 4.54. The lowest BCUT2D eigenvalue weighted by Crippen LogP contribution is -2.55. The molecule has 2 unspecified atom stereocenters. The Morgan fingerprint density at radius 3 is 1.89 bits per heavy atom. The molecule has 2 aromatic carbocycles. The van der Waals surface area contributed by atoms with E-state index in [1.807, 2.05) is 46.8 Å². The zero-order valence-corrected chi connectivity index (χ0v) is 31.2. The predicted octanol–water partition coefficient (Wildman–Crippen LogP) is 8.01. The maximum atomic E-state index is 14.7. The van der Waals surface area contributed by atoms with E-state index >= 15 is 0 Å². The van der Waals surface area contributed by atoms with E-state index < -0.39 is 46.5 Å². The van der Waals surface area contributed by atoms with E-state index in [-0.39, 0.29) is 29.4 Å². The van der Waals surface area contributed by atoms with Gasteiger partial charge in [-0.25, -0.2) is 9.59 Å². The highest BCUT2D eigenvalue weighted by Gasteiger charge is 2.53. The number of rotatable bonds is 12. The molecule has 0 heterocycles. The van der Waals surface area contributed by atoms with Crippen LogP contribution in [-0.2, 0) is 24.6 Å². The minimum absolute atomic E-state index is 0.0683. The first-order chi connectivity index (χ1) is 21.1. The second-order valence-corrected chi connectivity index (χ2v) is 15.7. The van der Waals surface area contributed by atoms with E-state index in [1.54, 1.807) is 78.8 Å². The largest absolute Gasteiger partial charge is 0.458 e. The lowest BCUT2D eigenvalue weighted by molar-refractivity contribution is -0.167. The summed E-state index contributed by atoms with van der Waals surface area (Å²) in [6.07, 6.45) is 0.466. The van der Waals surface area contributed by atoms with Crippen molar-refractivity contribution in [3.8, 4) is 0 Å². The van der Waals surface area contributed by atoms with E-state index in [0.29, 0.717) is 17.5 Å². The Bertz CT molecular complexity index is 1410. The molecule has 2 rings (SSSR count). The molecular weight excluding hydrogens is 621 g/mol. The van der Waals surface area contributed by atoms with Crippen LogP contribution in [0.1, 0.15) is 119 Å². The Balaban J connectivity index is 2.94. The smallest absolute Gasteiger partial charge is 0.338 e. The molecule has 0 aliphatic heterocycles. The summed E-state index contributed by atoms with van der Waals surface area (Å²) in [7, 11) is 0.811. The van der Waals surface area contributed by atoms with Gasteiger partial charge in [-0.1, -0.05) is 75.8 Å². The van der Waals surface area contributed by atoms with Crippen LogP contribution in [0.5, 0.6) is 0 Å². The summed E-state index contributed by atoms with van der Waals surface area (Å²) < 4.78 is 13.1. The maximum absolute atomic E-state index is 14.7. The highest BCUT2D eigenvalue weighted by molar-refractivity contribution is 8.67. The minimum atomic E-state index is -1.79. The second kappa shape index (κ2) is 15.7. The number of nitrogens with zero attached hydrogens (tertiary/aromatic N) is 1. The van der Waals surface area contributed by atoms with Crippen molar-refractivity contribution in [2.75, 3.05) is 0 Å². The van der Waals surface area contributed by atoms with E-state index in [2.05, 4.69) is 17.0 Å². The second-order valence-electron chi connectivity index (χ2n) is 14.6. The Kier molecular flexibility index (Phi) is 13.4. The molecule has 0 spiro atoms. The van der Waals surface area contributed by atoms with Crippen molar-refractivity contribution in [2.24, 2.45) is 11.8 Å². The first-order valence-corrected chi connectivity index (χ1v) is 17.6. The summed E-state index contributed by atoms with van der Waals surface area (Å²) in [5, 5.41) is 2.91. The fraction of sp³-hybridized carbons (Fsp3) is 0.556.